The molecule has 30 heavy (non-hydrogen) atoms. The molecule has 0 unspecified atom stereocenters. The first-order valence-electron chi connectivity index (χ1n) is 10.3. The monoisotopic (exact) mass is 504 g/mol. The highest BCUT2D eigenvalue weighted by Gasteiger charge is 2.32. The van der Waals surface area contributed by atoms with Gasteiger partial charge in [0, 0.05) is 28.5 Å². The molecule has 1 aliphatic rings. The van der Waals surface area contributed by atoms with E-state index < -0.39 is 9.84 Å². The topological polar surface area (TPSA) is 50.3 Å². The van der Waals surface area contributed by atoms with Crippen LogP contribution in [0.5, 0.6) is 0 Å². The highest BCUT2D eigenvalue weighted by Crippen LogP contribution is 2.32. The molecule has 1 fully saturated rings. The highest BCUT2D eigenvalue weighted by molar-refractivity contribution is 9.10. The number of aryl methyl sites for hydroxylation is 1. The average molecular weight is 506 g/mol. The molecule has 0 N–H and O–H groups in total. The number of thiazole rings is 1. The lowest BCUT2D eigenvalue weighted by molar-refractivity contribution is 0.529. The zero-order chi connectivity index (χ0) is 21.1. The van der Waals surface area contributed by atoms with E-state index in [0.717, 1.165) is 33.7 Å². The maximum Gasteiger partial charge on any atom is 0.185 e. The summed E-state index contributed by atoms with van der Waals surface area (Å²) in [7, 11) is -3.30. The van der Waals surface area contributed by atoms with Gasteiger partial charge < -0.3 is 4.90 Å². The van der Waals surface area contributed by atoms with Crippen molar-refractivity contribution in [3.05, 3.63) is 63.9 Å². The summed E-state index contributed by atoms with van der Waals surface area (Å²) in [4.78, 5) is 7.45. The van der Waals surface area contributed by atoms with Crippen LogP contribution in [0.4, 0.5) is 5.13 Å². The Morgan fingerprint density at radius 3 is 2.37 bits per heavy atom. The minimum atomic E-state index is -3.30. The quantitative estimate of drug-likeness (QED) is 0.414. The molecule has 4 nitrogen and oxygen atoms in total. The Labute approximate surface area is 191 Å². The van der Waals surface area contributed by atoms with Gasteiger partial charge in [-0.25, -0.2) is 13.4 Å². The maximum absolute atomic E-state index is 13.0. The Morgan fingerprint density at radius 1 is 1.07 bits per heavy atom. The predicted molar refractivity (Wildman–Crippen MR) is 128 cm³/mol. The molecule has 0 aliphatic carbocycles. The highest BCUT2D eigenvalue weighted by atomic mass is 79.9. The van der Waals surface area contributed by atoms with Crippen molar-refractivity contribution in [1.29, 1.82) is 0 Å². The van der Waals surface area contributed by atoms with E-state index in [2.05, 4.69) is 57.4 Å². The van der Waals surface area contributed by atoms with Gasteiger partial charge in [-0.15, -0.1) is 11.3 Å². The minimum absolute atomic E-state index is 0.333. The predicted octanol–water partition coefficient (Wildman–Crippen LogP) is 5.97. The molecule has 0 radical (unpaired) electrons. The lowest BCUT2D eigenvalue weighted by atomic mass is 10.1. The second-order valence-electron chi connectivity index (χ2n) is 7.65. The van der Waals surface area contributed by atoms with E-state index in [1.54, 1.807) is 35.6 Å². The molecule has 2 aromatic carbocycles. The molecule has 1 aromatic heterocycles. The van der Waals surface area contributed by atoms with Gasteiger partial charge in [-0.3, -0.25) is 0 Å². The van der Waals surface area contributed by atoms with Gasteiger partial charge in [-0.2, -0.15) is 0 Å². The van der Waals surface area contributed by atoms with Gasteiger partial charge in [0.2, 0.25) is 0 Å². The standard InChI is InChI=1S/C23H25BrN2O2S2/c1-2-3-17-4-6-18(7-5-17)22-16-29-23(25-22)26-14-12-21(13-15-26)30(27,28)20-10-8-19(24)9-11-20/h4-11,16,21H,2-3,12-15H2,1H3. The Morgan fingerprint density at radius 2 is 1.73 bits per heavy atom. The normalized spacial score (nSPS) is 15.5. The van der Waals surface area contributed by atoms with Crippen molar-refractivity contribution < 1.29 is 8.42 Å². The van der Waals surface area contributed by atoms with Gasteiger partial charge in [0.15, 0.2) is 15.0 Å². The summed E-state index contributed by atoms with van der Waals surface area (Å²) in [6, 6.07) is 15.6. The molecule has 0 amide bonds. The summed E-state index contributed by atoms with van der Waals surface area (Å²) in [6.07, 6.45) is 3.49. The molecular formula is C23H25BrN2O2S2. The first-order chi connectivity index (χ1) is 14.5. The molecule has 0 atom stereocenters. The van der Waals surface area contributed by atoms with Crippen LogP contribution in [-0.2, 0) is 16.3 Å². The van der Waals surface area contributed by atoms with Gasteiger partial charge in [0.25, 0.3) is 0 Å². The van der Waals surface area contributed by atoms with E-state index in [1.165, 1.54) is 5.56 Å². The Bertz CT molecular complexity index is 1080. The molecule has 1 aliphatic heterocycles. The summed E-state index contributed by atoms with van der Waals surface area (Å²) in [5.74, 6) is 0. The van der Waals surface area contributed by atoms with Crippen LogP contribution in [0.3, 0.4) is 0 Å². The number of anilines is 1. The smallest absolute Gasteiger partial charge is 0.185 e. The number of rotatable bonds is 6. The third-order valence-electron chi connectivity index (χ3n) is 5.57. The van der Waals surface area contributed by atoms with E-state index in [1.807, 2.05) is 0 Å². The van der Waals surface area contributed by atoms with Crippen LogP contribution in [-0.4, -0.2) is 31.7 Å². The second-order valence-corrected chi connectivity index (χ2v) is 11.6. The van der Waals surface area contributed by atoms with E-state index in [4.69, 9.17) is 4.98 Å². The summed E-state index contributed by atoms with van der Waals surface area (Å²) in [6.45, 7) is 3.61. The summed E-state index contributed by atoms with van der Waals surface area (Å²) in [5.41, 5.74) is 3.47. The molecule has 0 bridgehead atoms. The Balaban J connectivity index is 1.41. The van der Waals surface area contributed by atoms with E-state index >= 15 is 0 Å². The number of nitrogens with zero attached hydrogens (tertiary/aromatic N) is 2. The number of aromatic nitrogens is 1. The first-order valence-corrected chi connectivity index (χ1v) is 13.5. The number of halogens is 1. The lowest BCUT2D eigenvalue weighted by Gasteiger charge is -2.31. The molecular weight excluding hydrogens is 480 g/mol. The Kier molecular flexibility index (Phi) is 6.60. The summed E-state index contributed by atoms with van der Waals surface area (Å²) >= 11 is 5.00. The van der Waals surface area contributed by atoms with Crippen LogP contribution in [0.2, 0.25) is 0 Å². The van der Waals surface area contributed by atoms with Crippen LogP contribution >= 0.6 is 27.3 Å². The van der Waals surface area contributed by atoms with Crippen LogP contribution in [0, 0.1) is 0 Å². The third kappa shape index (κ3) is 4.63. The minimum Gasteiger partial charge on any atom is -0.348 e. The van der Waals surface area contributed by atoms with Crippen molar-refractivity contribution in [2.45, 2.75) is 42.8 Å². The number of hydrogen-bond donors (Lipinski definition) is 0. The van der Waals surface area contributed by atoms with Crippen LogP contribution in [0.15, 0.2) is 63.3 Å². The largest absolute Gasteiger partial charge is 0.348 e. The first kappa shape index (κ1) is 21.5. The van der Waals surface area contributed by atoms with Crippen LogP contribution < -0.4 is 4.90 Å². The molecule has 3 aromatic rings. The van der Waals surface area contributed by atoms with Crippen molar-refractivity contribution in [2.24, 2.45) is 0 Å². The van der Waals surface area contributed by atoms with E-state index in [0.29, 0.717) is 30.8 Å². The zero-order valence-corrected chi connectivity index (χ0v) is 20.1. The number of sulfone groups is 1. The molecule has 7 heteroatoms. The molecule has 4 rings (SSSR count). The zero-order valence-electron chi connectivity index (χ0n) is 16.9. The third-order valence-corrected chi connectivity index (χ3v) is 9.28. The average Bonchev–Trinajstić information content (AvgIpc) is 3.25. The maximum atomic E-state index is 13.0. The number of hydrogen-bond acceptors (Lipinski definition) is 5. The molecule has 2 heterocycles. The SMILES string of the molecule is CCCc1ccc(-c2csc(N3CCC(S(=O)(=O)c4ccc(Br)cc4)CC3)n2)cc1. The van der Waals surface area contributed by atoms with Gasteiger partial charge >= 0.3 is 0 Å². The molecule has 0 spiro atoms. The fraction of sp³-hybridized carbons (Fsp3) is 0.348. The van der Waals surface area contributed by atoms with Crippen LogP contribution in [0.1, 0.15) is 31.7 Å². The lowest BCUT2D eigenvalue weighted by Crippen LogP contribution is -2.39. The van der Waals surface area contributed by atoms with Gasteiger partial charge in [0.05, 0.1) is 15.8 Å². The van der Waals surface area contributed by atoms with E-state index in [9.17, 15) is 8.42 Å². The number of piperidine rings is 1. The van der Waals surface area contributed by atoms with E-state index in [-0.39, 0.29) is 5.25 Å². The molecule has 1 saturated heterocycles. The van der Waals surface area contributed by atoms with Gasteiger partial charge in [-0.1, -0.05) is 53.5 Å². The van der Waals surface area contributed by atoms with Crippen molar-refractivity contribution >= 4 is 42.2 Å². The van der Waals surface area contributed by atoms with Crippen molar-refractivity contribution in [3.8, 4) is 11.3 Å². The summed E-state index contributed by atoms with van der Waals surface area (Å²) in [5, 5.41) is 2.73. The van der Waals surface area contributed by atoms with Crippen molar-refractivity contribution in [1.82, 2.24) is 4.98 Å². The second kappa shape index (κ2) is 9.20. The molecule has 0 saturated carbocycles. The van der Waals surface area contributed by atoms with Crippen LogP contribution in [0.25, 0.3) is 11.3 Å². The van der Waals surface area contributed by atoms with Gasteiger partial charge in [-0.05, 0) is 49.1 Å². The van der Waals surface area contributed by atoms with Crippen molar-refractivity contribution in [2.75, 3.05) is 18.0 Å². The number of benzene rings is 2. The Hall–Kier alpha value is -1.70. The molecule has 158 valence electrons. The fourth-order valence-corrected chi connectivity index (χ4v) is 6.73. The summed E-state index contributed by atoms with van der Waals surface area (Å²) < 4.78 is 26.8. The fourth-order valence-electron chi connectivity index (χ4n) is 3.85. The van der Waals surface area contributed by atoms with Crippen molar-refractivity contribution in [3.63, 3.8) is 0 Å². The van der Waals surface area contributed by atoms with Gasteiger partial charge in [0.1, 0.15) is 0 Å².